The Balaban J connectivity index is 2.60. The fourth-order valence-corrected chi connectivity index (χ4v) is 2.52. The van der Waals surface area contributed by atoms with Gasteiger partial charge in [0.25, 0.3) is 0 Å². The van der Waals surface area contributed by atoms with Crippen LogP contribution in [0.5, 0.6) is 0 Å². The Morgan fingerprint density at radius 2 is 1.88 bits per heavy atom. The van der Waals surface area contributed by atoms with Gasteiger partial charge in [0.05, 0.1) is 0 Å². The number of carbonyl (C=O) groups excluding carboxylic acids is 1. The Morgan fingerprint density at radius 1 is 1.25 bits per heavy atom. The maximum absolute atomic E-state index is 12.3. The summed E-state index contributed by atoms with van der Waals surface area (Å²) >= 11 is 0. The molecule has 0 radical (unpaired) electrons. The van der Waals surface area contributed by atoms with Crippen LogP contribution in [0.4, 0.5) is 0 Å². The lowest BCUT2D eigenvalue weighted by molar-refractivity contribution is -0.133. The second-order valence-corrected chi connectivity index (χ2v) is 4.69. The van der Waals surface area contributed by atoms with Crippen LogP contribution in [0.25, 0.3) is 0 Å². The van der Waals surface area contributed by atoms with Gasteiger partial charge in [-0.25, -0.2) is 0 Å². The molecular weight excluding hydrogens is 198 g/mol. The third-order valence-electron chi connectivity index (χ3n) is 3.52. The number of rotatable bonds is 4. The molecule has 1 aliphatic rings. The molecule has 0 bridgehead atoms. The van der Waals surface area contributed by atoms with Crippen LogP contribution in [0, 0.1) is 5.92 Å². The molecule has 1 aliphatic carbocycles. The first-order valence-electron chi connectivity index (χ1n) is 6.67. The highest BCUT2D eigenvalue weighted by Gasteiger charge is 2.24. The lowest BCUT2D eigenvalue weighted by Crippen LogP contribution is -2.33. The van der Waals surface area contributed by atoms with Crippen molar-refractivity contribution in [3.8, 4) is 0 Å². The highest BCUT2D eigenvalue weighted by molar-refractivity contribution is 5.80. The minimum absolute atomic E-state index is 0.283. The molecule has 1 rings (SSSR count). The van der Waals surface area contributed by atoms with Gasteiger partial charge in [0.1, 0.15) is 0 Å². The predicted molar refractivity (Wildman–Crippen MR) is 68.0 cm³/mol. The van der Waals surface area contributed by atoms with E-state index in [0.29, 0.717) is 5.91 Å². The second kappa shape index (κ2) is 6.72. The summed E-state index contributed by atoms with van der Waals surface area (Å²) in [6.07, 6.45) is 10.1. The van der Waals surface area contributed by atoms with Crippen LogP contribution < -0.4 is 0 Å². The summed E-state index contributed by atoms with van der Waals surface area (Å²) < 4.78 is 0. The normalized spacial score (nSPS) is 18.6. The molecular formula is C14H25NO. The standard InChI is InChI=1S/C14H25NO/c1-4-9-13(5-2)15(3)14(16)12-10-7-6-8-11-12/h9,12H,4-8,10-11H2,1-3H3/b13-9+. The first kappa shape index (κ1) is 13.3. The lowest BCUT2D eigenvalue weighted by Gasteiger charge is -2.27. The molecule has 0 saturated heterocycles. The quantitative estimate of drug-likeness (QED) is 0.711. The zero-order valence-electron chi connectivity index (χ0n) is 11.0. The molecule has 0 heterocycles. The summed E-state index contributed by atoms with van der Waals surface area (Å²) in [4.78, 5) is 14.1. The first-order chi connectivity index (χ1) is 7.70. The molecule has 2 nitrogen and oxygen atoms in total. The van der Waals surface area contributed by atoms with E-state index in [1.165, 1.54) is 25.0 Å². The molecule has 0 spiro atoms. The molecule has 0 N–H and O–H groups in total. The Labute approximate surface area is 99.7 Å². The van der Waals surface area contributed by atoms with Crippen molar-refractivity contribution in [1.82, 2.24) is 4.90 Å². The fourth-order valence-electron chi connectivity index (χ4n) is 2.52. The molecule has 1 fully saturated rings. The molecule has 16 heavy (non-hydrogen) atoms. The van der Waals surface area contributed by atoms with E-state index in [4.69, 9.17) is 0 Å². The van der Waals surface area contributed by atoms with E-state index in [2.05, 4.69) is 19.9 Å². The highest BCUT2D eigenvalue weighted by atomic mass is 16.2. The van der Waals surface area contributed by atoms with Gasteiger partial charge in [-0.05, 0) is 25.7 Å². The summed E-state index contributed by atoms with van der Waals surface area (Å²) in [6.45, 7) is 4.24. The number of carbonyl (C=O) groups is 1. The van der Waals surface area contributed by atoms with Gasteiger partial charge in [-0.15, -0.1) is 0 Å². The van der Waals surface area contributed by atoms with E-state index in [-0.39, 0.29) is 5.92 Å². The van der Waals surface area contributed by atoms with Gasteiger partial charge in [-0.1, -0.05) is 39.2 Å². The molecule has 0 atom stereocenters. The zero-order chi connectivity index (χ0) is 12.0. The van der Waals surface area contributed by atoms with Crippen molar-refractivity contribution in [2.45, 2.75) is 58.8 Å². The van der Waals surface area contributed by atoms with E-state index in [0.717, 1.165) is 25.7 Å². The SMILES string of the molecule is CC/C=C(\CC)N(C)C(=O)C1CCCCC1. The van der Waals surface area contributed by atoms with Gasteiger partial charge in [0.15, 0.2) is 0 Å². The van der Waals surface area contributed by atoms with E-state index in [1.54, 1.807) is 0 Å². The lowest BCUT2D eigenvalue weighted by atomic mass is 9.88. The van der Waals surface area contributed by atoms with Crippen LogP contribution in [0.2, 0.25) is 0 Å². The smallest absolute Gasteiger partial charge is 0.229 e. The van der Waals surface area contributed by atoms with Crippen LogP contribution in [-0.4, -0.2) is 17.9 Å². The molecule has 0 aromatic heterocycles. The molecule has 0 aromatic carbocycles. The predicted octanol–water partition coefficient (Wildman–Crippen LogP) is 3.73. The number of amides is 1. The molecule has 0 aromatic rings. The fraction of sp³-hybridized carbons (Fsp3) is 0.786. The average molecular weight is 223 g/mol. The molecule has 0 aliphatic heterocycles. The molecule has 2 heteroatoms. The third-order valence-corrected chi connectivity index (χ3v) is 3.52. The van der Waals surface area contributed by atoms with E-state index < -0.39 is 0 Å². The minimum atomic E-state index is 0.283. The monoisotopic (exact) mass is 223 g/mol. The maximum atomic E-state index is 12.3. The van der Waals surface area contributed by atoms with Gasteiger partial charge in [0.2, 0.25) is 5.91 Å². The maximum Gasteiger partial charge on any atom is 0.229 e. The largest absolute Gasteiger partial charge is 0.319 e. The Hall–Kier alpha value is -0.790. The van der Waals surface area contributed by atoms with Crippen LogP contribution in [0.1, 0.15) is 58.8 Å². The topological polar surface area (TPSA) is 20.3 Å². The van der Waals surface area contributed by atoms with Gasteiger partial charge in [-0.3, -0.25) is 4.79 Å². The van der Waals surface area contributed by atoms with Gasteiger partial charge >= 0.3 is 0 Å². The van der Waals surface area contributed by atoms with Crippen molar-refractivity contribution in [2.24, 2.45) is 5.92 Å². The van der Waals surface area contributed by atoms with E-state index >= 15 is 0 Å². The Bertz CT molecular complexity index is 251. The average Bonchev–Trinajstić information content (AvgIpc) is 2.35. The number of nitrogens with zero attached hydrogens (tertiary/aromatic N) is 1. The van der Waals surface area contributed by atoms with E-state index in [1.807, 2.05) is 11.9 Å². The summed E-state index contributed by atoms with van der Waals surface area (Å²) in [7, 11) is 1.93. The van der Waals surface area contributed by atoms with Crippen LogP contribution >= 0.6 is 0 Å². The zero-order valence-corrected chi connectivity index (χ0v) is 11.0. The van der Waals surface area contributed by atoms with Crippen molar-refractivity contribution >= 4 is 5.91 Å². The van der Waals surface area contributed by atoms with Crippen LogP contribution in [-0.2, 0) is 4.79 Å². The van der Waals surface area contributed by atoms with Gasteiger partial charge in [0, 0.05) is 18.7 Å². The van der Waals surface area contributed by atoms with E-state index in [9.17, 15) is 4.79 Å². The van der Waals surface area contributed by atoms with Crippen molar-refractivity contribution in [2.75, 3.05) is 7.05 Å². The van der Waals surface area contributed by atoms with Gasteiger partial charge < -0.3 is 4.90 Å². The number of allylic oxidation sites excluding steroid dienone is 2. The molecule has 1 amide bonds. The minimum Gasteiger partial charge on any atom is -0.319 e. The molecule has 92 valence electrons. The van der Waals surface area contributed by atoms with Crippen LogP contribution in [0.3, 0.4) is 0 Å². The summed E-state index contributed by atoms with van der Waals surface area (Å²) in [6, 6.07) is 0. The highest BCUT2D eigenvalue weighted by Crippen LogP contribution is 2.26. The summed E-state index contributed by atoms with van der Waals surface area (Å²) in [5.41, 5.74) is 1.18. The van der Waals surface area contributed by atoms with Crippen LogP contribution in [0.15, 0.2) is 11.8 Å². The van der Waals surface area contributed by atoms with Crippen molar-refractivity contribution in [3.05, 3.63) is 11.8 Å². The van der Waals surface area contributed by atoms with Crippen molar-refractivity contribution in [1.29, 1.82) is 0 Å². The Kier molecular flexibility index (Phi) is 5.58. The number of hydrogen-bond donors (Lipinski definition) is 0. The third kappa shape index (κ3) is 3.36. The molecule has 0 unspecified atom stereocenters. The first-order valence-corrected chi connectivity index (χ1v) is 6.67. The second-order valence-electron chi connectivity index (χ2n) is 4.69. The van der Waals surface area contributed by atoms with Crippen molar-refractivity contribution < 1.29 is 4.79 Å². The van der Waals surface area contributed by atoms with Gasteiger partial charge in [-0.2, -0.15) is 0 Å². The summed E-state index contributed by atoms with van der Waals surface area (Å²) in [5, 5.41) is 0. The molecule has 1 saturated carbocycles. The number of hydrogen-bond acceptors (Lipinski definition) is 1. The Morgan fingerprint density at radius 3 is 2.38 bits per heavy atom. The summed E-state index contributed by atoms with van der Waals surface area (Å²) in [5.74, 6) is 0.617. The van der Waals surface area contributed by atoms with Crippen molar-refractivity contribution in [3.63, 3.8) is 0 Å².